The van der Waals surface area contributed by atoms with E-state index >= 15 is 0 Å². The summed E-state index contributed by atoms with van der Waals surface area (Å²) in [6.07, 6.45) is 5.61. The summed E-state index contributed by atoms with van der Waals surface area (Å²) in [6.45, 7) is 16.6. The average Bonchev–Trinajstić information content (AvgIpc) is 2.51. The first-order valence-electron chi connectivity index (χ1n) is 7.88. The zero-order chi connectivity index (χ0) is 13.6. The minimum Gasteiger partial charge on any atom is -0.314 e. The minimum absolute atomic E-state index is 0.385. The summed E-state index contributed by atoms with van der Waals surface area (Å²) >= 11 is 0. The molecule has 0 aromatic carbocycles. The molecule has 0 spiro atoms. The van der Waals surface area contributed by atoms with Gasteiger partial charge in [0.25, 0.3) is 0 Å². The SMILES string of the molecule is CCC1CCCN(CC(C)(C)CNC(C)C)CC1. The van der Waals surface area contributed by atoms with Crippen LogP contribution in [0.4, 0.5) is 0 Å². The maximum atomic E-state index is 3.58. The average molecular weight is 254 g/mol. The van der Waals surface area contributed by atoms with Gasteiger partial charge in [0.2, 0.25) is 0 Å². The number of nitrogens with one attached hydrogen (secondary N) is 1. The van der Waals surface area contributed by atoms with E-state index in [4.69, 9.17) is 0 Å². The van der Waals surface area contributed by atoms with Crippen LogP contribution in [0.15, 0.2) is 0 Å². The predicted octanol–water partition coefficient (Wildman–Crippen LogP) is 3.52. The summed E-state index contributed by atoms with van der Waals surface area (Å²) in [5.41, 5.74) is 0.385. The second kappa shape index (κ2) is 7.49. The highest BCUT2D eigenvalue weighted by Gasteiger charge is 2.24. The summed E-state index contributed by atoms with van der Waals surface area (Å²) < 4.78 is 0. The molecule has 0 aliphatic carbocycles. The minimum atomic E-state index is 0.385. The number of likely N-dealkylation sites (tertiary alicyclic amines) is 1. The second-order valence-corrected chi connectivity index (χ2v) is 7.18. The van der Waals surface area contributed by atoms with Gasteiger partial charge in [0.1, 0.15) is 0 Å². The van der Waals surface area contributed by atoms with Gasteiger partial charge in [-0.05, 0) is 43.7 Å². The van der Waals surface area contributed by atoms with Crippen molar-refractivity contribution in [2.45, 2.75) is 66.3 Å². The van der Waals surface area contributed by atoms with Crippen molar-refractivity contribution in [1.29, 1.82) is 0 Å². The maximum Gasteiger partial charge on any atom is 0.00448 e. The van der Waals surface area contributed by atoms with Gasteiger partial charge in [-0.25, -0.2) is 0 Å². The van der Waals surface area contributed by atoms with Gasteiger partial charge in [-0.15, -0.1) is 0 Å². The molecule has 0 aromatic rings. The first kappa shape index (κ1) is 16.0. The van der Waals surface area contributed by atoms with Crippen molar-refractivity contribution in [3.05, 3.63) is 0 Å². The lowest BCUT2D eigenvalue weighted by Gasteiger charge is -2.33. The highest BCUT2D eigenvalue weighted by atomic mass is 15.1. The standard InChI is InChI=1S/C16H34N2/c1-6-15-8-7-10-18(11-9-15)13-16(4,5)12-17-14(2)3/h14-15,17H,6-13H2,1-5H3. The van der Waals surface area contributed by atoms with E-state index < -0.39 is 0 Å². The van der Waals surface area contributed by atoms with Crippen LogP contribution in [0.3, 0.4) is 0 Å². The van der Waals surface area contributed by atoms with E-state index in [9.17, 15) is 0 Å². The van der Waals surface area contributed by atoms with E-state index in [1.54, 1.807) is 0 Å². The Morgan fingerprint density at radius 2 is 1.94 bits per heavy atom. The van der Waals surface area contributed by atoms with Crippen LogP contribution in [0, 0.1) is 11.3 Å². The van der Waals surface area contributed by atoms with Crippen molar-refractivity contribution in [2.24, 2.45) is 11.3 Å². The Morgan fingerprint density at radius 3 is 2.56 bits per heavy atom. The van der Waals surface area contributed by atoms with Crippen molar-refractivity contribution < 1.29 is 0 Å². The molecule has 1 fully saturated rings. The van der Waals surface area contributed by atoms with Crippen LogP contribution in [0.1, 0.15) is 60.3 Å². The summed E-state index contributed by atoms with van der Waals surface area (Å²) in [6, 6.07) is 0.595. The van der Waals surface area contributed by atoms with Crippen LogP contribution in [0.25, 0.3) is 0 Å². The predicted molar refractivity (Wildman–Crippen MR) is 81.0 cm³/mol. The molecule has 1 rings (SSSR count). The van der Waals surface area contributed by atoms with Crippen LogP contribution < -0.4 is 5.32 Å². The third-order valence-electron chi connectivity index (χ3n) is 4.16. The first-order valence-corrected chi connectivity index (χ1v) is 7.88. The quantitative estimate of drug-likeness (QED) is 0.780. The van der Waals surface area contributed by atoms with Crippen molar-refractivity contribution in [1.82, 2.24) is 10.2 Å². The summed E-state index contributed by atoms with van der Waals surface area (Å²) in [5, 5.41) is 3.58. The summed E-state index contributed by atoms with van der Waals surface area (Å²) in [4.78, 5) is 2.69. The van der Waals surface area contributed by atoms with E-state index in [-0.39, 0.29) is 0 Å². The molecular formula is C16H34N2. The van der Waals surface area contributed by atoms with Gasteiger partial charge in [-0.2, -0.15) is 0 Å². The molecule has 0 aromatic heterocycles. The van der Waals surface area contributed by atoms with E-state index in [0.29, 0.717) is 11.5 Å². The Kier molecular flexibility index (Phi) is 6.65. The molecule has 1 aliphatic heterocycles. The largest absolute Gasteiger partial charge is 0.314 e. The van der Waals surface area contributed by atoms with Crippen LogP contribution in [0.5, 0.6) is 0 Å². The van der Waals surface area contributed by atoms with Gasteiger partial charge in [0, 0.05) is 19.1 Å². The second-order valence-electron chi connectivity index (χ2n) is 7.18. The maximum absolute atomic E-state index is 3.58. The molecule has 1 saturated heterocycles. The molecular weight excluding hydrogens is 220 g/mol. The molecule has 1 unspecified atom stereocenters. The lowest BCUT2D eigenvalue weighted by molar-refractivity contribution is 0.175. The molecule has 1 aliphatic rings. The van der Waals surface area contributed by atoms with Gasteiger partial charge in [0.15, 0.2) is 0 Å². The zero-order valence-electron chi connectivity index (χ0n) is 13.3. The Morgan fingerprint density at radius 1 is 1.22 bits per heavy atom. The normalized spacial score (nSPS) is 23.3. The fraction of sp³-hybridized carbons (Fsp3) is 1.00. The molecule has 0 bridgehead atoms. The molecule has 2 heteroatoms. The smallest absolute Gasteiger partial charge is 0.00448 e. The van der Waals surface area contributed by atoms with E-state index in [1.165, 1.54) is 45.3 Å². The molecule has 1 heterocycles. The highest BCUT2D eigenvalue weighted by molar-refractivity contribution is 4.79. The van der Waals surface area contributed by atoms with Gasteiger partial charge < -0.3 is 10.2 Å². The molecule has 2 nitrogen and oxygen atoms in total. The highest BCUT2D eigenvalue weighted by Crippen LogP contribution is 2.23. The number of rotatable bonds is 6. The Bertz CT molecular complexity index is 223. The van der Waals surface area contributed by atoms with Crippen LogP contribution >= 0.6 is 0 Å². The van der Waals surface area contributed by atoms with Crippen molar-refractivity contribution in [2.75, 3.05) is 26.2 Å². The van der Waals surface area contributed by atoms with Gasteiger partial charge >= 0.3 is 0 Å². The Hall–Kier alpha value is -0.0800. The van der Waals surface area contributed by atoms with Crippen LogP contribution in [0.2, 0.25) is 0 Å². The van der Waals surface area contributed by atoms with Crippen LogP contribution in [-0.4, -0.2) is 37.1 Å². The molecule has 1 atom stereocenters. The third kappa shape index (κ3) is 6.19. The molecule has 0 saturated carbocycles. The zero-order valence-corrected chi connectivity index (χ0v) is 13.3. The Balaban J connectivity index is 2.36. The summed E-state index contributed by atoms with van der Waals surface area (Å²) in [7, 11) is 0. The topological polar surface area (TPSA) is 15.3 Å². The monoisotopic (exact) mass is 254 g/mol. The Labute approximate surface area is 115 Å². The van der Waals surface area contributed by atoms with Gasteiger partial charge in [-0.1, -0.05) is 41.0 Å². The fourth-order valence-corrected chi connectivity index (χ4v) is 2.93. The molecule has 18 heavy (non-hydrogen) atoms. The lowest BCUT2D eigenvalue weighted by Crippen LogP contribution is -2.42. The lowest BCUT2D eigenvalue weighted by atomic mass is 9.92. The van der Waals surface area contributed by atoms with E-state index in [0.717, 1.165) is 12.5 Å². The van der Waals surface area contributed by atoms with Crippen molar-refractivity contribution in [3.8, 4) is 0 Å². The van der Waals surface area contributed by atoms with Crippen molar-refractivity contribution >= 4 is 0 Å². The van der Waals surface area contributed by atoms with Crippen molar-refractivity contribution in [3.63, 3.8) is 0 Å². The van der Waals surface area contributed by atoms with Gasteiger partial charge in [0.05, 0.1) is 0 Å². The molecule has 0 radical (unpaired) electrons. The summed E-state index contributed by atoms with van der Waals surface area (Å²) in [5.74, 6) is 0.979. The van der Waals surface area contributed by atoms with Crippen LogP contribution in [-0.2, 0) is 0 Å². The number of hydrogen-bond acceptors (Lipinski definition) is 2. The molecule has 1 N–H and O–H groups in total. The van der Waals surface area contributed by atoms with Gasteiger partial charge in [-0.3, -0.25) is 0 Å². The van der Waals surface area contributed by atoms with E-state index in [2.05, 4.69) is 44.8 Å². The third-order valence-corrected chi connectivity index (χ3v) is 4.16. The number of hydrogen-bond donors (Lipinski definition) is 1. The number of nitrogens with zero attached hydrogens (tertiary/aromatic N) is 1. The van der Waals surface area contributed by atoms with E-state index in [1.807, 2.05) is 0 Å². The fourth-order valence-electron chi connectivity index (χ4n) is 2.93. The first-order chi connectivity index (χ1) is 8.43. The molecule has 0 amide bonds. The molecule has 108 valence electrons.